The third-order valence-electron chi connectivity index (χ3n) is 6.25. The van der Waals surface area contributed by atoms with Gasteiger partial charge in [-0.1, -0.05) is 51.1 Å². The molecular formula is C25H30N2O3. The van der Waals surface area contributed by atoms with Gasteiger partial charge in [0.25, 0.3) is 11.8 Å². The van der Waals surface area contributed by atoms with Gasteiger partial charge in [-0.15, -0.1) is 0 Å². The van der Waals surface area contributed by atoms with Crippen molar-refractivity contribution < 1.29 is 14.3 Å². The largest absolute Gasteiger partial charge is 0.483 e. The fourth-order valence-corrected chi connectivity index (χ4v) is 5.47. The van der Waals surface area contributed by atoms with Gasteiger partial charge in [0.05, 0.1) is 5.56 Å². The molecule has 2 aromatic carbocycles. The van der Waals surface area contributed by atoms with Gasteiger partial charge in [0, 0.05) is 18.3 Å². The Morgan fingerprint density at radius 2 is 1.73 bits per heavy atom. The van der Waals surface area contributed by atoms with Crippen LogP contribution >= 0.6 is 0 Å². The number of rotatable bonds is 5. The number of hydrogen-bond donors (Lipinski definition) is 1. The molecule has 2 atom stereocenters. The van der Waals surface area contributed by atoms with E-state index in [2.05, 4.69) is 26.1 Å². The summed E-state index contributed by atoms with van der Waals surface area (Å²) in [4.78, 5) is 27.7. The van der Waals surface area contributed by atoms with Crippen molar-refractivity contribution in [3.8, 4) is 5.75 Å². The molecule has 1 aliphatic carbocycles. The number of hydrogen-bond acceptors (Lipinski definition) is 3. The van der Waals surface area contributed by atoms with Crippen LogP contribution in [-0.2, 0) is 4.79 Å². The number of carbonyl (C=O) groups excluding carboxylic acids is 2. The van der Waals surface area contributed by atoms with Crippen LogP contribution in [0.25, 0.3) is 0 Å². The van der Waals surface area contributed by atoms with Gasteiger partial charge in [0.1, 0.15) is 5.75 Å². The standard InChI is InChI=1S/C25H30N2O3/c1-24(2)13-19-14-25(3,16-24)17-27(19)22(28)15-30-21-12-8-7-11-20(21)23(29)26-18-9-5-4-6-10-18/h4-12,19H,13-17H2,1-3H3,(H,26,29). The molecular weight excluding hydrogens is 376 g/mol. The number of nitrogens with zero attached hydrogens (tertiary/aromatic N) is 1. The maximum Gasteiger partial charge on any atom is 0.260 e. The van der Waals surface area contributed by atoms with Crippen molar-refractivity contribution in [2.45, 2.75) is 46.1 Å². The number of benzene rings is 2. The van der Waals surface area contributed by atoms with E-state index in [0.29, 0.717) is 17.0 Å². The average Bonchev–Trinajstić information content (AvgIpc) is 2.95. The second-order valence-corrected chi connectivity index (χ2v) is 9.84. The maximum absolute atomic E-state index is 13.0. The molecule has 0 spiro atoms. The zero-order valence-electron chi connectivity index (χ0n) is 18.0. The molecule has 4 rings (SSSR count). The molecule has 158 valence electrons. The van der Waals surface area contributed by atoms with Gasteiger partial charge in [0.2, 0.25) is 0 Å². The van der Waals surface area contributed by atoms with E-state index in [1.807, 2.05) is 41.3 Å². The quantitative estimate of drug-likeness (QED) is 0.780. The van der Waals surface area contributed by atoms with E-state index in [0.717, 1.165) is 25.8 Å². The predicted molar refractivity (Wildman–Crippen MR) is 118 cm³/mol. The lowest BCUT2D eigenvalue weighted by Gasteiger charge is -2.39. The van der Waals surface area contributed by atoms with Crippen LogP contribution < -0.4 is 10.1 Å². The third kappa shape index (κ3) is 4.35. The molecule has 2 fully saturated rings. The Hall–Kier alpha value is -2.82. The van der Waals surface area contributed by atoms with Crippen molar-refractivity contribution in [3.63, 3.8) is 0 Å². The van der Waals surface area contributed by atoms with Gasteiger partial charge in [-0.3, -0.25) is 9.59 Å². The number of nitrogens with one attached hydrogen (secondary N) is 1. The van der Waals surface area contributed by atoms with E-state index in [1.165, 1.54) is 0 Å². The monoisotopic (exact) mass is 406 g/mol. The van der Waals surface area contributed by atoms with E-state index in [4.69, 9.17) is 4.74 Å². The summed E-state index contributed by atoms with van der Waals surface area (Å²) >= 11 is 0. The van der Waals surface area contributed by atoms with Crippen molar-refractivity contribution in [2.24, 2.45) is 10.8 Å². The molecule has 1 saturated carbocycles. The minimum atomic E-state index is -0.254. The van der Waals surface area contributed by atoms with E-state index in [1.54, 1.807) is 18.2 Å². The zero-order valence-corrected chi connectivity index (χ0v) is 18.0. The maximum atomic E-state index is 13.0. The minimum Gasteiger partial charge on any atom is -0.483 e. The Balaban J connectivity index is 1.42. The lowest BCUT2D eigenvalue weighted by atomic mass is 9.65. The van der Waals surface area contributed by atoms with Crippen molar-refractivity contribution in [1.82, 2.24) is 4.90 Å². The molecule has 1 aliphatic heterocycles. The fourth-order valence-electron chi connectivity index (χ4n) is 5.47. The molecule has 2 aliphatic rings. The van der Waals surface area contributed by atoms with Gasteiger partial charge in [0.15, 0.2) is 6.61 Å². The first kappa shape index (κ1) is 20.5. The number of amides is 2. The summed E-state index contributed by atoms with van der Waals surface area (Å²) in [7, 11) is 0. The van der Waals surface area contributed by atoms with E-state index >= 15 is 0 Å². The summed E-state index contributed by atoms with van der Waals surface area (Å²) in [5, 5.41) is 2.87. The molecule has 0 aromatic heterocycles. The highest BCUT2D eigenvalue weighted by Crippen LogP contribution is 2.52. The zero-order chi connectivity index (χ0) is 21.4. The first-order valence-corrected chi connectivity index (χ1v) is 10.6. The summed E-state index contributed by atoms with van der Waals surface area (Å²) in [6.07, 6.45) is 3.24. The molecule has 1 heterocycles. The molecule has 2 aromatic rings. The number of para-hydroxylation sites is 2. The van der Waals surface area contributed by atoms with Crippen LogP contribution in [0.5, 0.6) is 5.75 Å². The molecule has 2 unspecified atom stereocenters. The predicted octanol–water partition coefficient (Wildman–Crippen LogP) is 4.74. The van der Waals surface area contributed by atoms with Crippen LogP contribution in [0.3, 0.4) is 0 Å². The summed E-state index contributed by atoms with van der Waals surface area (Å²) < 4.78 is 5.85. The Bertz CT molecular complexity index is 940. The molecule has 1 N–H and O–H groups in total. The van der Waals surface area contributed by atoms with Gasteiger partial charge < -0.3 is 15.0 Å². The van der Waals surface area contributed by atoms with Gasteiger partial charge in [-0.25, -0.2) is 0 Å². The third-order valence-corrected chi connectivity index (χ3v) is 6.25. The average molecular weight is 407 g/mol. The Labute approximate surface area is 178 Å². The van der Waals surface area contributed by atoms with E-state index < -0.39 is 0 Å². The first-order valence-electron chi connectivity index (χ1n) is 10.6. The van der Waals surface area contributed by atoms with E-state index in [-0.39, 0.29) is 35.3 Å². The second-order valence-electron chi connectivity index (χ2n) is 9.84. The van der Waals surface area contributed by atoms with Crippen LogP contribution in [-0.4, -0.2) is 35.9 Å². The highest BCUT2D eigenvalue weighted by Gasteiger charge is 2.50. The van der Waals surface area contributed by atoms with Crippen LogP contribution in [0.15, 0.2) is 54.6 Å². The van der Waals surface area contributed by atoms with Crippen LogP contribution in [0.2, 0.25) is 0 Å². The number of carbonyl (C=O) groups is 2. The highest BCUT2D eigenvalue weighted by atomic mass is 16.5. The number of anilines is 1. The highest BCUT2D eigenvalue weighted by molar-refractivity contribution is 6.06. The Kier molecular flexibility index (Phi) is 5.31. The van der Waals surface area contributed by atoms with Crippen molar-refractivity contribution in [2.75, 3.05) is 18.5 Å². The molecule has 2 bridgehead atoms. The summed E-state index contributed by atoms with van der Waals surface area (Å²) in [5.74, 6) is 0.170. The molecule has 30 heavy (non-hydrogen) atoms. The summed E-state index contributed by atoms with van der Waals surface area (Å²) in [6.45, 7) is 7.62. The SMILES string of the molecule is CC1(C)CC2CC(C)(CN2C(=O)COc2ccccc2C(=O)Nc2ccccc2)C1. The molecule has 5 nitrogen and oxygen atoms in total. The lowest BCUT2D eigenvalue weighted by molar-refractivity contribution is -0.134. The van der Waals surface area contributed by atoms with Crippen LogP contribution in [0, 0.1) is 10.8 Å². The number of fused-ring (bicyclic) bond motifs is 2. The molecule has 1 saturated heterocycles. The van der Waals surface area contributed by atoms with Crippen molar-refractivity contribution in [3.05, 3.63) is 60.2 Å². The van der Waals surface area contributed by atoms with Crippen LogP contribution in [0.4, 0.5) is 5.69 Å². The Morgan fingerprint density at radius 1 is 1.03 bits per heavy atom. The van der Waals surface area contributed by atoms with Gasteiger partial charge in [-0.05, 0) is 54.4 Å². The van der Waals surface area contributed by atoms with Gasteiger partial charge >= 0.3 is 0 Å². The summed E-state index contributed by atoms with van der Waals surface area (Å²) in [6, 6.07) is 16.6. The fraction of sp³-hybridized carbons (Fsp3) is 0.440. The van der Waals surface area contributed by atoms with Crippen LogP contribution in [0.1, 0.15) is 50.4 Å². The van der Waals surface area contributed by atoms with E-state index in [9.17, 15) is 9.59 Å². The second kappa shape index (κ2) is 7.78. The first-order chi connectivity index (χ1) is 14.2. The van der Waals surface area contributed by atoms with Crippen molar-refractivity contribution in [1.29, 1.82) is 0 Å². The van der Waals surface area contributed by atoms with Gasteiger partial charge in [-0.2, -0.15) is 0 Å². The lowest BCUT2D eigenvalue weighted by Crippen LogP contribution is -2.40. The normalized spacial score (nSPS) is 24.4. The molecule has 0 radical (unpaired) electrons. The molecule has 2 amide bonds. The number of likely N-dealkylation sites (tertiary alicyclic amines) is 1. The van der Waals surface area contributed by atoms with Crippen molar-refractivity contribution >= 4 is 17.5 Å². The minimum absolute atomic E-state index is 0.000282. The summed E-state index contributed by atoms with van der Waals surface area (Å²) in [5.41, 5.74) is 1.58. The Morgan fingerprint density at radius 3 is 2.50 bits per heavy atom. The smallest absolute Gasteiger partial charge is 0.260 e. The molecule has 5 heteroatoms. The number of ether oxygens (including phenoxy) is 1. The topological polar surface area (TPSA) is 58.6 Å².